The standard InChI is InChI=1S/C21H27ClN2/c1-17-6-2-3-7-19(17)15-23-14-18-10-12-24(13-11-18)16-20-8-4-5-9-21(20)22/h2-9,18,23H,10-16H2,1H3. The molecule has 0 unspecified atom stereocenters. The lowest BCUT2D eigenvalue weighted by molar-refractivity contribution is 0.175. The van der Waals surface area contributed by atoms with Gasteiger partial charge in [-0.3, -0.25) is 4.90 Å². The topological polar surface area (TPSA) is 15.3 Å². The van der Waals surface area contributed by atoms with Gasteiger partial charge in [-0.15, -0.1) is 0 Å². The third kappa shape index (κ3) is 4.83. The van der Waals surface area contributed by atoms with Crippen molar-refractivity contribution in [1.29, 1.82) is 0 Å². The minimum atomic E-state index is 0.788. The maximum atomic E-state index is 6.27. The molecule has 1 fully saturated rings. The molecule has 0 radical (unpaired) electrons. The third-order valence-electron chi connectivity index (χ3n) is 5.07. The average Bonchev–Trinajstić information content (AvgIpc) is 2.60. The Kier molecular flexibility index (Phi) is 6.30. The number of hydrogen-bond donors (Lipinski definition) is 1. The minimum absolute atomic E-state index is 0.788. The Morgan fingerprint density at radius 2 is 1.67 bits per heavy atom. The van der Waals surface area contributed by atoms with Crippen molar-refractivity contribution < 1.29 is 0 Å². The molecule has 128 valence electrons. The number of likely N-dealkylation sites (tertiary alicyclic amines) is 1. The van der Waals surface area contributed by atoms with E-state index in [1.54, 1.807) is 0 Å². The lowest BCUT2D eigenvalue weighted by atomic mass is 9.96. The van der Waals surface area contributed by atoms with Crippen molar-refractivity contribution in [2.75, 3.05) is 19.6 Å². The summed E-state index contributed by atoms with van der Waals surface area (Å²) in [4.78, 5) is 2.53. The second-order valence-corrected chi connectivity index (χ2v) is 7.28. The number of aryl methyl sites for hydroxylation is 1. The predicted octanol–water partition coefficient (Wildman–Crippen LogP) is 4.65. The van der Waals surface area contributed by atoms with E-state index < -0.39 is 0 Å². The van der Waals surface area contributed by atoms with Crippen molar-refractivity contribution >= 4 is 11.6 Å². The molecule has 1 saturated heterocycles. The Bertz CT molecular complexity index is 648. The van der Waals surface area contributed by atoms with Gasteiger partial charge in [-0.2, -0.15) is 0 Å². The summed E-state index contributed by atoms with van der Waals surface area (Å²) in [6.07, 6.45) is 2.54. The first kappa shape index (κ1) is 17.5. The number of hydrogen-bond acceptors (Lipinski definition) is 2. The summed E-state index contributed by atoms with van der Waals surface area (Å²) >= 11 is 6.27. The minimum Gasteiger partial charge on any atom is -0.312 e. The molecular formula is C21H27ClN2. The van der Waals surface area contributed by atoms with E-state index in [4.69, 9.17) is 11.6 Å². The number of piperidine rings is 1. The lowest BCUT2D eigenvalue weighted by Gasteiger charge is -2.32. The molecule has 24 heavy (non-hydrogen) atoms. The highest BCUT2D eigenvalue weighted by Crippen LogP contribution is 2.22. The largest absolute Gasteiger partial charge is 0.312 e. The maximum absolute atomic E-state index is 6.27. The van der Waals surface area contributed by atoms with Crippen LogP contribution in [0, 0.1) is 12.8 Å². The first-order chi connectivity index (χ1) is 11.7. The number of nitrogens with one attached hydrogen (secondary N) is 1. The van der Waals surface area contributed by atoms with E-state index in [9.17, 15) is 0 Å². The smallest absolute Gasteiger partial charge is 0.0451 e. The molecule has 2 aromatic carbocycles. The van der Waals surface area contributed by atoms with Crippen LogP contribution >= 0.6 is 11.6 Å². The zero-order valence-corrected chi connectivity index (χ0v) is 15.2. The fourth-order valence-electron chi connectivity index (χ4n) is 3.44. The molecule has 0 spiro atoms. The average molecular weight is 343 g/mol. The number of nitrogens with zero attached hydrogens (tertiary/aromatic N) is 1. The van der Waals surface area contributed by atoms with E-state index in [-0.39, 0.29) is 0 Å². The molecule has 0 amide bonds. The van der Waals surface area contributed by atoms with Gasteiger partial charge in [-0.25, -0.2) is 0 Å². The van der Waals surface area contributed by atoms with Crippen LogP contribution in [0.3, 0.4) is 0 Å². The summed E-state index contributed by atoms with van der Waals surface area (Å²) in [7, 11) is 0. The normalized spacial score (nSPS) is 16.4. The van der Waals surface area contributed by atoms with Gasteiger partial charge in [0.05, 0.1) is 0 Å². The molecule has 1 N–H and O–H groups in total. The van der Waals surface area contributed by atoms with Crippen LogP contribution < -0.4 is 5.32 Å². The molecule has 0 bridgehead atoms. The monoisotopic (exact) mass is 342 g/mol. The van der Waals surface area contributed by atoms with Crippen molar-refractivity contribution in [3.63, 3.8) is 0 Å². The van der Waals surface area contributed by atoms with Gasteiger partial charge in [0.15, 0.2) is 0 Å². The SMILES string of the molecule is Cc1ccccc1CNCC1CCN(Cc2ccccc2Cl)CC1. The van der Waals surface area contributed by atoms with Gasteiger partial charge in [-0.1, -0.05) is 54.1 Å². The van der Waals surface area contributed by atoms with E-state index in [2.05, 4.69) is 53.5 Å². The van der Waals surface area contributed by atoms with Gasteiger partial charge >= 0.3 is 0 Å². The van der Waals surface area contributed by atoms with Gasteiger partial charge in [0, 0.05) is 18.1 Å². The van der Waals surface area contributed by atoms with E-state index in [0.29, 0.717) is 0 Å². The predicted molar refractivity (Wildman–Crippen MR) is 102 cm³/mol. The molecule has 1 aliphatic rings. The fourth-order valence-corrected chi connectivity index (χ4v) is 3.63. The molecule has 0 aliphatic carbocycles. The molecule has 2 aromatic rings. The molecular weight excluding hydrogens is 316 g/mol. The molecule has 0 saturated carbocycles. The van der Waals surface area contributed by atoms with Crippen LogP contribution in [0.2, 0.25) is 5.02 Å². The molecule has 1 aliphatic heterocycles. The van der Waals surface area contributed by atoms with Crippen LogP contribution in [0.5, 0.6) is 0 Å². The van der Waals surface area contributed by atoms with E-state index in [1.165, 1.54) is 42.6 Å². The quantitative estimate of drug-likeness (QED) is 0.822. The van der Waals surface area contributed by atoms with Gasteiger partial charge in [-0.05, 0) is 68.1 Å². The van der Waals surface area contributed by atoms with Gasteiger partial charge < -0.3 is 5.32 Å². The fraction of sp³-hybridized carbons (Fsp3) is 0.429. The summed E-state index contributed by atoms with van der Waals surface area (Å²) in [5, 5.41) is 4.53. The Labute approximate surface area is 150 Å². The van der Waals surface area contributed by atoms with Crippen molar-refractivity contribution in [2.24, 2.45) is 5.92 Å². The van der Waals surface area contributed by atoms with Crippen LogP contribution in [-0.2, 0) is 13.1 Å². The maximum Gasteiger partial charge on any atom is 0.0451 e. The van der Waals surface area contributed by atoms with Crippen LogP contribution in [0.4, 0.5) is 0 Å². The highest BCUT2D eigenvalue weighted by atomic mass is 35.5. The van der Waals surface area contributed by atoms with Crippen LogP contribution in [0.1, 0.15) is 29.5 Å². The number of halogens is 1. The van der Waals surface area contributed by atoms with E-state index in [1.807, 2.05) is 12.1 Å². The number of rotatable bonds is 6. The van der Waals surface area contributed by atoms with Crippen molar-refractivity contribution in [1.82, 2.24) is 10.2 Å². The van der Waals surface area contributed by atoms with Crippen LogP contribution in [0.15, 0.2) is 48.5 Å². The number of benzene rings is 2. The van der Waals surface area contributed by atoms with E-state index >= 15 is 0 Å². The summed E-state index contributed by atoms with van der Waals surface area (Å²) in [5.41, 5.74) is 4.03. The first-order valence-corrected chi connectivity index (χ1v) is 9.31. The Morgan fingerprint density at radius 1 is 1.00 bits per heavy atom. The van der Waals surface area contributed by atoms with E-state index in [0.717, 1.165) is 30.6 Å². The van der Waals surface area contributed by atoms with Gasteiger partial charge in [0.1, 0.15) is 0 Å². The van der Waals surface area contributed by atoms with Gasteiger partial charge in [0.25, 0.3) is 0 Å². The van der Waals surface area contributed by atoms with Crippen LogP contribution in [-0.4, -0.2) is 24.5 Å². The molecule has 3 rings (SSSR count). The zero-order valence-electron chi connectivity index (χ0n) is 14.5. The molecule has 0 atom stereocenters. The molecule has 2 nitrogen and oxygen atoms in total. The van der Waals surface area contributed by atoms with Crippen molar-refractivity contribution in [3.8, 4) is 0 Å². The van der Waals surface area contributed by atoms with Crippen molar-refractivity contribution in [2.45, 2.75) is 32.9 Å². The second-order valence-electron chi connectivity index (χ2n) is 6.87. The molecule has 1 heterocycles. The summed E-state index contributed by atoms with van der Waals surface area (Å²) < 4.78 is 0. The lowest BCUT2D eigenvalue weighted by Crippen LogP contribution is -2.36. The molecule has 0 aromatic heterocycles. The highest BCUT2D eigenvalue weighted by molar-refractivity contribution is 6.31. The summed E-state index contributed by atoms with van der Waals surface area (Å²) in [6, 6.07) is 16.8. The third-order valence-corrected chi connectivity index (χ3v) is 5.44. The first-order valence-electron chi connectivity index (χ1n) is 8.93. The Morgan fingerprint density at radius 3 is 2.38 bits per heavy atom. The van der Waals surface area contributed by atoms with Crippen LogP contribution in [0.25, 0.3) is 0 Å². The summed E-state index contributed by atoms with van der Waals surface area (Å²) in [6.45, 7) is 7.60. The Balaban J connectivity index is 1.39. The second kappa shape index (κ2) is 8.66. The Hall–Kier alpha value is -1.35. The van der Waals surface area contributed by atoms with Gasteiger partial charge in [0.2, 0.25) is 0 Å². The summed E-state index contributed by atoms with van der Waals surface area (Å²) in [5.74, 6) is 0.788. The zero-order chi connectivity index (χ0) is 16.8. The molecule has 3 heteroatoms. The highest BCUT2D eigenvalue weighted by Gasteiger charge is 2.19. The van der Waals surface area contributed by atoms with Crippen molar-refractivity contribution in [3.05, 3.63) is 70.2 Å².